The van der Waals surface area contributed by atoms with E-state index < -0.39 is 12.1 Å². The number of carbonyl (C=O) groups is 2. The lowest BCUT2D eigenvalue weighted by Crippen LogP contribution is -2.27. The first-order valence-corrected chi connectivity index (χ1v) is 7.13. The topological polar surface area (TPSA) is 64.6 Å². The fraction of sp³-hybridized carbons (Fsp3) is 0.500. The molecule has 1 aromatic rings. The van der Waals surface area contributed by atoms with E-state index in [1.54, 1.807) is 0 Å². The van der Waals surface area contributed by atoms with Gasteiger partial charge in [0.05, 0.1) is 0 Å². The molecule has 2 rings (SSSR count). The summed E-state index contributed by atoms with van der Waals surface area (Å²) >= 11 is 0. The molecule has 21 heavy (non-hydrogen) atoms. The molecule has 0 saturated carbocycles. The number of nitrogens with one attached hydrogen (secondary N) is 1. The molecule has 1 aliphatic rings. The summed E-state index contributed by atoms with van der Waals surface area (Å²) in [5.41, 5.74) is 3.91. The molecule has 1 aromatic carbocycles. The van der Waals surface area contributed by atoms with E-state index in [-0.39, 0.29) is 12.5 Å². The van der Waals surface area contributed by atoms with Crippen molar-refractivity contribution < 1.29 is 19.1 Å². The maximum absolute atomic E-state index is 11.9. The highest BCUT2D eigenvalue weighted by atomic mass is 16.6. The number of amides is 1. The lowest BCUT2D eigenvalue weighted by atomic mass is 10.1. The van der Waals surface area contributed by atoms with Gasteiger partial charge in [0.1, 0.15) is 0 Å². The lowest BCUT2D eigenvalue weighted by Gasteiger charge is -2.13. The second-order valence-corrected chi connectivity index (χ2v) is 5.43. The minimum Gasteiger partial charge on any atom is -0.454 e. The third kappa shape index (κ3) is 4.04. The molecule has 1 heterocycles. The molecular formula is C16H21NO4. The van der Waals surface area contributed by atoms with Crippen molar-refractivity contribution in [3.63, 3.8) is 0 Å². The van der Waals surface area contributed by atoms with Gasteiger partial charge in [-0.05, 0) is 44.7 Å². The molecule has 1 atom stereocenters. The highest BCUT2D eigenvalue weighted by molar-refractivity contribution is 5.94. The minimum absolute atomic E-state index is 0.286. The van der Waals surface area contributed by atoms with Crippen LogP contribution in [0.4, 0.5) is 5.69 Å². The molecule has 1 saturated heterocycles. The molecule has 0 bridgehead atoms. The maximum Gasteiger partial charge on any atom is 0.335 e. The Morgan fingerprint density at radius 3 is 2.52 bits per heavy atom. The van der Waals surface area contributed by atoms with E-state index in [0.29, 0.717) is 13.0 Å². The molecule has 1 aliphatic heterocycles. The second kappa shape index (κ2) is 6.72. The van der Waals surface area contributed by atoms with Gasteiger partial charge in [-0.2, -0.15) is 0 Å². The average Bonchev–Trinajstić information content (AvgIpc) is 2.94. The minimum atomic E-state index is -0.513. The molecule has 1 amide bonds. The van der Waals surface area contributed by atoms with Crippen LogP contribution in [0.25, 0.3) is 0 Å². The van der Waals surface area contributed by atoms with Crippen molar-refractivity contribution in [3.05, 3.63) is 28.8 Å². The van der Waals surface area contributed by atoms with Crippen LogP contribution in [0.3, 0.4) is 0 Å². The second-order valence-electron chi connectivity index (χ2n) is 5.43. The maximum atomic E-state index is 11.9. The van der Waals surface area contributed by atoms with Gasteiger partial charge in [0, 0.05) is 12.3 Å². The van der Waals surface area contributed by atoms with Crippen LogP contribution in [0.2, 0.25) is 0 Å². The van der Waals surface area contributed by atoms with Crippen molar-refractivity contribution in [1.82, 2.24) is 0 Å². The summed E-state index contributed by atoms with van der Waals surface area (Å²) in [6.07, 6.45) is 1.00. The molecular weight excluding hydrogens is 270 g/mol. The van der Waals surface area contributed by atoms with Crippen LogP contribution in [-0.4, -0.2) is 31.2 Å². The number of anilines is 1. The average molecular weight is 291 g/mol. The predicted octanol–water partition coefficient (Wildman–Crippen LogP) is 2.27. The van der Waals surface area contributed by atoms with Crippen LogP contribution >= 0.6 is 0 Å². The zero-order valence-electron chi connectivity index (χ0n) is 12.7. The Morgan fingerprint density at radius 2 is 1.95 bits per heavy atom. The van der Waals surface area contributed by atoms with Gasteiger partial charge in [0.25, 0.3) is 5.91 Å². The predicted molar refractivity (Wildman–Crippen MR) is 79.2 cm³/mol. The lowest BCUT2D eigenvalue weighted by molar-refractivity contribution is -0.156. The van der Waals surface area contributed by atoms with Gasteiger partial charge in [-0.15, -0.1) is 0 Å². The van der Waals surface area contributed by atoms with Crippen LogP contribution < -0.4 is 5.32 Å². The Hall–Kier alpha value is -1.88. The highest BCUT2D eigenvalue weighted by Gasteiger charge is 2.25. The molecule has 1 N–H and O–H groups in total. The van der Waals surface area contributed by atoms with Gasteiger partial charge in [-0.3, -0.25) is 4.79 Å². The molecule has 0 aliphatic carbocycles. The zero-order chi connectivity index (χ0) is 15.4. The molecule has 0 aromatic heterocycles. The number of benzene rings is 1. The number of aryl methyl sites for hydroxylation is 3. The van der Waals surface area contributed by atoms with Crippen molar-refractivity contribution in [2.45, 2.75) is 39.7 Å². The molecule has 1 fully saturated rings. The quantitative estimate of drug-likeness (QED) is 0.864. The largest absolute Gasteiger partial charge is 0.454 e. The van der Waals surface area contributed by atoms with Gasteiger partial charge >= 0.3 is 5.97 Å². The Labute approximate surface area is 124 Å². The van der Waals surface area contributed by atoms with E-state index in [2.05, 4.69) is 5.32 Å². The molecule has 0 spiro atoms. The number of carbonyl (C=O) groups excluding carboxylic acids is 2. The van der Waals surface area contributed by atoms with Gasteiger partial charge in [0.2, 0.25) is 0 Å². The van der Waals surface area contributed by atoms with Gasteiger partial charge in [-0.25, -0.2) is 4.79 Å². The van der Waals surface area contributed by atoms with Crippen molar-refractivity contribution in [2.24, 2.45) is 0 Å². The third-order valence-corrected chi connectivity index (χ3v) is 3.48. The third-order valence-electron chi connectivity index (χ3n) is 3.48. The number of ether oxygens (including phenoxy) is 2. The Morgan fingerprint density at radius 1 is 1.29 bits per heavy atom. The van der Waals surface area contributed by atoms with E-state index in [1.807, 2.05) is 32.9 Å². The summed E-state index contributed by atoms with van der Waals surface area (Å²) in [6, 6.07) is 4.00. The summed E-state index contributed by atoms with van der Waals surface area (Å²) in [7, 11) is 0. The van der Waals surface area contributed by atoms with Gasteiger partial charge < -0.3 is 14.8 Å². The van der Waals surface area contributed by atoms with Gasteiger partial charge in [0.15, 0.2) is 12.7 Å². The number of hydrogen-bond acceptors (Lipinski definition) is 4. The van der Waals surface area contributed by atoms with E-state index in [0.717, 1.165) is 28.8 Å². The Bertz CT molecular complexity index is 524. The Balaban J connectivity index is 1.88. The molecule has 0 radical (unpaired) electrons. The summed E-state index contributed by atoms with van der Waals surface area (Å²) in [4.78, 5) is 23.5. The standard InChI is InChI=1S/C16H21NO4/c1-10-7-11(2)15(12(3)8-10)17-14(18)9-21-16(19)13-5-4-6-20-13/h7-8,13H,4-6,9H2,1-3H3,(H,17,18)/t13-/m1/s1. The zero-order valence-corrected chi connectivity index (χ0v) is 12.7. The number of hydrogen-bond donors (Lipinski definition) is 1. The number of rotatable bonds is 4. The Kier molecular flexibility index (Phi) is 4.96. The molecule has 5 heteroatoms. The van der Waals surface area contributed by atoms with E-state index in [4.69, 9.17) is 9.47 Å². The van der Waals surface area contributed by atoms with Crippen LogP contribution in [0.15, 0.2) is 12.1 Å². The summed E-state index contributed by atoms with van der Waals surface area (Å²) in [5, 5.41) is 2.79. The molecule has 0 unspecified atom stereocenters. The van der Waals surface area contributed by atoms with Crippen LogP contribution in [0.5, 0.6) is 0 Å². The first-order chi connectivity index (χ1) is 9.97. The van der Waals surface area contributed by atoms with E-state index in [1.165, 1.54) is 0 Å². The van der Waals surface area contributed by atoms with Crippen LogP contribution in [0, 0.1) is 20.8 Å². The summed E-state index contributed by atoms with van der Waals surface area (Å²) in [6.45, 7) is 6.18. The summed E-state index contributed by atoms with van der Waals surface area (Å²) < 4.78 is 10.2. The highest BCUT2D eigenvalue weighted by Crippen LogP contribution is 2.21. The van der Waals surface area contributed by atoms with Crippen molar-refractivity contribution in [1.29, 1.82) is 0 Å². The fourth-order valence-corrected chi connectivity index (χ4v) is 2.55. The van der Waals surface area contributed by atoms with Crippen molar-refractivity contribution in [3.8, 4) is 0 Å². The fourth-order valence-electron chi connectivity index (χ4n) is 2.55. The van der Waals surface area contributed by atoms with Crippen LogP contribution in [-0.2, 0) is 19.1 Å². The normalized spacial score (nSPS) is 17.6. The molecule has 5 nitrogen and oxygen atoms in total. The smallest absolute Gasteiger partial charge is 0.335 e. The van der Waals surface area contributed by atoms with E-state index in [9.17, 15) is 9.59 Å². The molecule has 114 valence electrons. The van der Waals surface area contributed by atoms with Crippen molar-refractivity contribution in [2.75, 3.05) is 18.5 Å². The monoisotopic (exact) mass is 291 g/mol. The summed E-state index contributed by atoms with van der Waals surface area (Å²) in [5.74, 6) is -0.795. The SMILES string of the molecule is Cc1cc(C)c(NC(=O)COC(=O)[C@H]2CCCO2)c(C)c1. The van der Waals surface area contributed by atoms with Crippen molar-refractivity contribution >= 4 is 17.6 Å². The first-order valence-electron chi connectivity index (χ1n) is 7.13. The van der Waals surface area contributed by atoms with Gasteiger partial charge in [-0.1, -0.05) is 17.7 Å². The number of esters is 1. The first kappa shape index (κ1) is 15.5. The van der Waals surface area contributed by atoms with E-state index >= 15 is 0 Å². The van der Waals surface area contributed by atoms with Crippen LogP contribution in [0.1, 0.15) is 29.5 Å².